The van der Waals surface area contributed by atoms with Crippen LogP contribution in [-0.2, 0) is 11.2 Å². The molecule has 0 aliphatic carbocycles. The second kappa shape index (κ2) is 11.9. The summed E-state index contributed by atoms with van der Waals surface area (Å²) in [6, 6.07) is 8.80. The van der Waals surface area contributed by atoms with Gasteiger partial charge in [-0.25, -0.2) is 14.4 Å². The van der Waals surface area contributed by atoms with Gasteiger partial charge in [0.05, 0.1) is 24.6 Å². The first kappa shape index (κ1) is 27.3. The number of anilines is 3. The van der Waals surface area contributed by atoms with Gasteiger partial charge in [-0.1, -0.05) is 24.6 Å². The second-order valence-corrected chi connectivity index (χ2v) is 10.5. The fraction of sp³-hybridized carbons (Fsp3) is 0.414. The molecule has 0 saturated carbocycles. The van der Waals surface area contributed by atoms with E-state index in [-0.39, 0.29) is 11.9 Å². The van der Waals surface area contributed by atoms with E-state index in [9.17, 15) is 4.79 Å². The third-order valence-corrected chi connectivity index (χ3v) is 7.95. The Balaban J connectivity index is 1.51. The van der Waals surface area contributed by atoms with Crippen molar-refractivity contribution in [2.24, 2.45) is 0 Å². The minimum Gasteiger partial charge on any atom is -0.378 e. The van der Waals surface area contributed by atoms with Crippen LogP contribution in [0, 0.1) is 5.82 Å². The van der Waals surface area contributed by atoms with Gasteiger partial charge in [-0.15, -0.1) is 0 Å². The van der Waals surface area contributed by atoms with E-state index in [4.69, 9.17) is 16.3 Å². The molecule has 3 aromatic rings. The lowest BCUT2D eigenvalue weighted by molar-refractivity contribution is 0.102. The summed E-state index contributed by atoms with van der Waals surface area (Å²) < 4.78 is 21.1. The lowest BCUT2D eigenvalue weighted by Crippen LogP contribution is -2.50. The largest absolute Gasteiger partial charge is 0.378 e. The molecule has 1 N–H and O–H groups in total. The van der Waals surface area contributed by atoms with Crippen molar-refractivity contribution in [2.75, 3.05) is 68.1 Å². The third kappa shape index (κ3) is 5.85. The Bertz CT molecular complexity index is 1330. The van der Waals surface area contributed by atoms with Crippen LogP contribution in [-0.4, -0.2) is 79.8 Å². The van der Waals surface area contributed by atoms with E-state index in [1.807, 2.05) is 11.8 Å². The zero-order valence-electron chi connectivity index (χ0n) is 22.6. The number of carbonyl (C=O) groups is 1. The molecule has 0 spiro atoms. The van der Waals surface area contributed by atoms with Crippen molar-refractivity contribution < 1.29 is 13.9 Å². The molecule has 3 heterocycles. The lowest BCUT2D eigenvalue weighted by Gasteiger charge is -2.39. The first-order chi connectivity index (χ1) is 18.9. The number of morpholine rings is 1. The number of carbonyl (C=O) groups excluding carboxylic acids is 1. The second-order valence-electron chi connectivity index (χ2n) is 10.1. The van der Waals surface area contributed by atoms with E-state index in [1.165, 1.54) is 6.07 Å². The molecule has 2 aromatic carbocycles. The fourth-order valence-electron chi connectivity index (χ4n) is 5.12. The molecule has 2 aliphatic heterocycles. The molecule has 1 aromatic heterocycles. The minimum atomic E-state index is -0.394. The molecule has 0 bridgehead atoms. The van der Waals surface area contributed by atoms with Gasteiger partial charge in [0.1, 0.15) is 5.82 Å². The fourth-order valence-corrected chi connectivity index (χ4v) is 5.43. The maximum absolute atomic E-state index is 15.7. The maximum atomic E-state index is 15.7. The van der Waals surface area contributed by atoms with Gasteiger partial charge in [0, 0.05) is 72.9 Å². The minimum absolute atomic E-state index is 0.283. The number of hydrogen-bond acceptors (Lipinski definition) is 7. The Kier molecular flexibility index (Phi) is 8.30. The van der Waals surface area contributed by atoms with Crippen LogP contribution in [0.4, 0.5) is 21.7 Å². The lowest BCUT2D eigenvalue weighted by atomic mass is 10.0. The van der Waals surface area contributed by atoms with Gasteiger partial charge in [-0.05, 0) is 50.2 Å². The summed E-state index contributed by atoms with van der Waals surface area (Å²) in [6.45, 7) is 9.06. The number of likely N-dealkylation sites (N-methyl/N-ethyl adjacent to an activating group) is 1. The van der Waals surface area contributed by atoms with Gasteiger partial charge in [0.15, 0.2) is 0 Å². The van der Waals surface area contributed by atoms with Gasteiger partial charge in [-0.2, -0.15) is 0 Å². The molecular formula is C29H34ClFN6O2. The van der Waals surface area contributed by atoms with Crippen molar-refractivity contribution in [1.29, 1.82) is 0 Å². The standard InChI is InChI=1S/C29H34ClFN6O2/c1-4-21-22(6-5-7-24(21)30)28(38)34-26-14-23(20-16-32-29(33-17-20)36-10-12-39-13-11-36)25(31)15-27(26)37-9-8-35(3)19(2)18-37/h5-7,14-17,19H,4,8-13,18H2,1-3H3,(H,34,38)/t19-/m0/s1. The quantitative estimate of drug-likeness (QED) is 0.474. The van der Waals surface area contributed by atoms with Crippen LogP contribution < -0.4 is 15.1 Å². The van der Waals surface area contributed by atoms with Crippen LogP contribution in [0.3, 0.4) is 0 Å². The molecule has 5 rings (SSSR count). The first-order valence-electron chi connectivity index (χ1n) is 13.4. The number of hydrogen-bond donors (Lipinski definition) is 1. The SMILES string of the molecule is CCc1c(Cl)cccc1C(=O)Nc1cc(-c2cnc(N3CCOCC3)nc2)c(F)cc1N1CCN(C)[C@@H](C)C1. The maximum Gasteiger partial charge on any atom is 0.256 e. The van der Waals surface area contributed by atoms with E-state index >= 15 is 4.39 Å². The van der Waals surface area contributed by atoms with Crippen LogP contribution in [0.1, 0.15) is 29.8 Å². The zero-order chi connectivity index (χ0) is 27.5. The summed E-state index contributed by atoms with van der Waals surface area (Å²) in [5, 5.41) is 3.62. The number of amides is 1. The molecule has 10 heteroatoms. The summed E-state index contributed by atoms with van der Waals surface area (Å²) in [4.78, 5) is 29.0. The van der Waals surface area contributed by atoms with Crippen molar-refractivity contribution in [2.45, 2.75) is 26.3 Å². The highest BCUT2D eigenvalue weighted by molar-refractivity contribution is 6.32. The number of nitrogens with one attached hydrogen (secondary N) is 1. The number of rotatable bonds is 6. The average molecular weight is 553 g/mol. The normalized spacial score (nSPS) is 18.3. The molecule has 2 aliphatic rings. The Morgan fingerprint density at radius 2 is 1.87 bits per heavy atom. The van der Waals surface area contributed by atoms with E-state index in [0.29, 0.717) is 78.3 Å². The van der Waals surface area contributed by atoms with Gasteiger partial charge in [-0.3, -0.25) is 4.79 Å². The van der Waals surface area contributed by atoms with Crippen LogP contribution in [0.15, 0.2) is 42.7 Å². The van der Waals surface area contributed by atoms with Crippen molar-refractivity contribution >= 4 is 34.8 Å². The molecule has 0 radical (unpaired) electrons. The van der Waals surface area contributed by atoms with Crippen molar-refractivity contribution in [3.8, 4) is 11.1 Å². The van der Waals surface area contributed by atoms with Gasteiger partial charge in [0.25, 0.3) is 5.91 Å². The highest BCUT2D eigenvalue weighted by Crippen LogP contribution is 2.36. The highest BCUT2D eigenvalue weighted by Gasteiger charge is 2.26. The van der Waals surface area contributed by atoms with Crippen LogP contribution in [0.5, 0.6) is 0 Å². The highest BCUT2D eigenvalue weighted by atomic mass is 35.5. The zero-order valence-corrected chi connectivity index (χ0v) is 23.3. The van der Waals surface area contributed by atoms with Gasteiger partial charge in [0.2, 0.25) is 5.95 Å². The summed E-state index contributed by atoms with van der Waals surface area (Å²) in [5.41, 5.74) is 3.33. The Morgan fingerprint density at radius 1 is 1.13 bits per heavy atom. The van der Waals surface area contributed by atoms with Gasteiger partial charge >= 0.3 is 0 Å². The molecule has 8 nitrogen and oxygen atoms in total. The summed E-state index contributed by atoms with van der Waals surface area (Å²) in [7, 11) is 2.08. The van der Waals surface area contributed by atoms with Crippen LogP contribution in [0.25, 0.3) is 11.1 Å². The van der Waals surface area contributed by atoms with Crippen molar-refractivity contribution in [1.82, 2.24) is 14.9 Å². The molecule has 2 fully saturated rings. The molecule has 2 saturated heterocycles. The third-order valence-electron chi connectivity index (χ3n) is 7.59. The van der Waals surface area contributed by atoms with Crippen molar-refractivity contribution in [3.05, 3.63) is 64.7 Å². The smallest absolute Gasteiger partial charge is 0.256 e. The molecule has 39 heavy (non-hydrogen) atoms. The number of ether oxygens (including phenoxy) is 1. The molecule has 1 amide bonds. The number of nitrogens with zero attached hydrogens (tertiary/aromatic N) is 5. The van der Waals surface area contributed by atoms with Crippen molar-refractivity contribution in [3.63, 3.8) is 0 Å². The van der Waals surface area contributed by atoms with Crippen LogP contribution >= 0.6 is 11.6 Å². The Hall–Kier alpha value is -3.27. The molecular weight excluding hydrogens is 519 g/mol. The topological polar surface area (TPSA) is 73.8 Å². The van der Waals surface area contributed by atoms with Crippen LogP contribution in [0.2, 0.25) is 5.02 Å². The predicted octanol–water partition coefficient (Wildman–Crippen LogP) is 4.73. The monoisotopic (exact) mass is 552 g/mol. The molecule has 1 atom stereocenters. The van der Waals surface area contributed by atoms with Gasteiger partial charge < -0.3 is 24.8 Å². The molecule has 0 unspecified atom stereocenters. The molecule has 206 valence electrons. The summed E-state index contributed by atoms with van der Waals surface area (Å²) in [5.74, 6) is -0.0874. The number of aromatic nitrogens is 2. The van der Waals surface area contributed by atoms with E-state index in [2.05, 4.69) is 39.1 Å². The first-order valence-corrected chi connectivity index (χ1v) is 13.8. The summed E-state index contributed by atoms with van der Waals surface area (Å²) in [6.07, 6.45) is 3.88. The number of halogens is 2. The average Bonchev–Trinajstić information content (AvgIpc) is 2.95. The van der Waals surface area contributed by atoms with E-state index in [1.54, 1.807) is 36.7 Å². The Labute approximate surface area is 233 Å². The number of piperazine rings is 1. The summed E-state index contributed by atoms with van der Waals surface area (Å²) >= 11 is 6.39. The van der Waals surface area contributed by atoms with E-state index < -0.39 is 5.82 Å². The van der Waals surface area contributed by atoms with E-state index in [0.717, 1.165) is 18.7 Å². The predicted molar refractivity (Wildman–Crippen MR) is 154 cm³/mol. The number of benzene rings is 2. The Morgan fingerprint density at radius 3 is 2.56 bits per heavy atom.